The summed E-state index contributed by atoms with van der Waals surface area (Å²) < 4.78 is 17.6. The maximum atomic E-state index is 5.37. The SMILES string of the molecule is Cn1c(SCc2noc(-c3ccoc3)n2)nnc1N1CCOCC1. The standard InChI is InChI=1S/C14H16N6O3S/c1-19-13(20-3-6-21-7-4-20)16-17-14(19)24-9-11-15-12(23-18-11)10-2-5-22-8-10/h2,5,8H,3-4,6-7,9H2,1H3. The van der Waals surface area contributed by atoms with Gasteiger partial charge in [0.05, 0.1) is 30.8 Å². The van der Waals surface area contributed by atoms with Crippen molar-refractivity contribution in [3.05, 3.63) is 24.4 Å². The van der Waals surface area contributed by atoms with E-state index in [1.807, 2.05) is 11.6 Å². The third kappa shape index (κ3) is 3.02. The van der Waals surface area contributed by atoms with Crippen molar-refractivity contribution in [2.75, 3.05) is 31.2 Å². The first kappa shape index (κ1) is 15.2. The summed E-state index contributed by atoms with van der Waals surface area (Å²) in [4.78, 5) is 6.52. The van der Waals surface area contributed by atoms with E-state index < -0.39 is 0 Å². The van der Waals surface area contributed by atoms with Crippen molar-refractivity contribution >= 4 is 17.7 Å². The lowest BCUT2D eigenvalue weighted by atomic mass is 10.3. The van der Waals surface area contributed by atoms with E-state index in [-0.39, 0.29) is 0 Å². The zero-order valence-electron chi connectivity index (χ0n) is 13.1. The van der Waals surface area contributed by atoms with Crippen molar-refractivity contribution in [2.45, 2.75) is 10.9 Å². The molecule has 4 heterocycles. The summed E-state index contributed by atoms with van der Waals surface area (Å²) in [5.41, 5.74) is 0.770. The third-order valence-electron chi connectivity index (χ3n) is 3.67. The molecule has 1 aliphatic heterocycles. The monoisotopic (exact) mass is 348 g/mol. The molecule has 1 fully saturated rings. The van der Waals surface area contributed by atoms with Gasteiger partial charge in [0.25, 0.3) is 5.89 Å². The van der Waals surface area contributed by atoms with E-state index >= 15 is 0 Å². The van der Waals surface area contributed by atoms with Gasteiger partial charge in [0.15, 0.2) is 11.0 Å². The van der Waals surface area contributed by atoms with Gasteiger partial charge in [0.1, 0.15) is 6.26 Å². The topological polar surface area (TPSA) is 95.2 Å². The maximum Gasteiger partial charge on any atom is 0.261 e. The van der Waals surface area contributed by atoms with Crippen LogP contribution in [-0.2, 0) is 17.5 Å². The summed E-state index contributed by atoms with van der Waals surface area (Å²) in [5.74, 6) is 2.46. The largest absolute Gasteiger partial charge is 0.472 e. The summed E-state index contributed by atoms with van der Waals surface area (Å²) in [6, 6.07) is 1.78. The molecule has 4 rings (SSSR count). The molecule has 3 aromatic heterocycles. The Morgan fingerprint density at radius 3 is 2.92 bits per heavy atom. The van der Waals surface area contributed by atoms with Crippen LogP contribution in [0.3, 0.4) is 0 Å². The van der Waals surface area contributed by atoms with Gasteiger partial charge in [-0.25, -0.2) is 0 Å². The summed E-state index contributed by atoms with van der Waals surface area (Å²) in [5, 5.41) is 13.3. The molecule has 0 amide bonds. The number of hydrogen-bond acceptors (Lipinski definition) is 9. The highest BCUT2D eigenvalue weighted by Crippen LogP contribution is 2.25. The van der Waals surface area contributed by atoms with Crippen molar-refractivity contribution < 1.29 is 13.7 Å². The van der Waals surface area contributed by atoms with E-state index in [2.05, 4.69) is 25.2 Å². The number of aromatic nitrogens is 5. The Bertz CT molecular complexity index is 793. The maximum absolute atomic E-state index is 5.37. The van der Waals surface area contributed by atoms with Gasteiger partial charge >= 0.3 is 0 Å². The minimum atomic E-state index is 0.450. The van der Waals surface area contributed by atoms with E-state index in [1.165, 1.54) is 11.8 Å². The molecule has 0 saturated carbocycles. The molecule has 1 aliphatic rings. The van der Waals surface area contributed by atoms with Crippen molar-refractivity contribution in [3.8, 4) is 11.5 Å². The predicted molar refractivity (Wildman–Crippen MR) is 85.6 cm³/mol. The normalized spacial score (nSPS) is 15.1. The summed E-state index contributed by atoms with van der Waals surface area (Å²) in [6.45, 7) is 3.09. The van der Waals surface area contributed by atoms with Gasteiger partial charge < -0.3 is 18.6 Å². The van der Waals surface area contributed by atoms with Crippen LogP contribution in [0, 0.1) is 0 Å². The first-order chi connectivity index (χ1) is 11.8. The number of anilines is 1. The quantitative estimate of drug-likeness (QED) is 0.637. The highest BCUT2D eigenvalue weighted by atomic mass is 32.2. The molecule has 126 valence electrons. The lowest BCUT2D eigenvalue weighted by Gasteiger charge is -2.27. The Balaban J connectivity index is 1.42. The highest BCUT2D eigenvalue weighted by Gasteiger charge is 2.19. The van der Waals surface area contributed by atoms with E-state index in [0.29, 0.717) is 17.5 Å². The van der Waals surface area contributed by atoms with E-state index in [0.717, 1.165) is 43.0 Å². The van der Waals surface area contributed by atoms with Gasteiger partial charge in [-0.1, -0.05) is 16.9 Å². The van der Waals surface area contributed by atoms with Crippen LogP contribution in [0.2, 0.25) is 0 Å². The molecular weight excluding hydrogens is 332 g/mol. The molecule has 0 atom stereocenters. The zero-order chi connectivity index (χ0) is 16.4. The van der Waals surface area contributed by atoms with Gasteiger partial charge in [-0.2, -0.15) is 4.98 Å². The fraction of sp³-hybridized carbons (Fsp3) is 0.429. The van der Waals surface area contributed by atoms with Gasteiger partial charge in [-0.3, -0.25) is 4.57 Å². The number of thioether (sulfide) groups is 1. The molecule has 0 aliphatic carbocycles. The van der Waals surface area contributed by atoms with Crippen LogP contribution in [0.1, 0.15) is 5.82 Å². The van der Waals surface area contributed by atoms with Gasteiger partial charge in [-0.05, 0) is 6.07 Å². The second kappa shape index (κ2) is 6.65. The second-order valence-corrected chi connectivity index (χ2v) is 6.20. The number of rotatable bonds is 5. The Hall–Kier alpha value is -2.33. The molecule has 1 saturated heterocycles. The first-order valence-electron chi connectivity index (χ1n) is 7.51. The third-order valence-corrected chi connectivity index (χ3v) is 4.69. The Morgan fingerprint density at radius 2 is 2.12 bits per heavy atom. The fourth-order valence-corrected chi connectivity index (χ4v) is 3.17. The first-order valence-corrected chi connectivity index (χ1v) is 8.50. The molecule has 0 aromatic carbocycles. The average Bonchev–Trinajstić information content (AvgIpc) is 3.35. The fourth-order valence-electron chi connectivity index (χ4n) is 2.42. The zero-order valence-corrected chi connectivity index (χ0v) is 13.9. The Kier molecular flexibility index (Phi) is 4.22. The summed E-state index contributed by atoms with van der Waals surface area (Å²) in [7, 11) is 1.96. The van der Waals surface area contributed by atoms with Crippen LogP contribution in [0.4, 0.5) is 5.95 Å². The van der Waals surface area contributed by atoms with Crippen LogP contribution in [0.15, 0.2) is 32.7 Å². The minimum Gasteiger partial charge on any atom is -0.472 e. The molecule has 9 nitrogen and oxygen atoms in total. The number of nitrogens with zero attached hydrogens (tertiary/aromatic N) is 6. The Labute approximate surface area is 142 Å². The highest BCUT2D eigenvalue weighted by molar-refractivity contribution is 7.98. The van der Waals surface area contributed by atoms with Gasteiger partial charge in [0.2, 0.25) is 5.95 Å². The number of ether oxygens (including phenoxy) is 1. The van der Waals surface area contributed by atoms with E-state index in [1.54, 1.807) is 18.6 Å². The van der Waals surface area contributed by atoms with Crippen LogP contribution < -0.4 is 4.90 Å². The Morgan fingerprint density at radius 1 is 1.25 bits per heavy atom. The van der Waals surface area contributed by atoms with Crippen LogP contribution in [0.25, 0.3) is 11.5 Å². The van der Waals surface area contributed by atoms with E-state index in [9.17, 15) is 0 Å². The van der Waals surface area contributed by atoms with Crippen LogP contribution in [0.5, 0.6) is 0 Å². The number of morpholine rings is 1. The summed E-state index contributed by atoms with van der Waals surface area (Å²) >= 11 is 1.52. The van der Waals surface area contributed by atoms with Gasteiger partial charge in [0, 0.05) is 20.1 Å². The van der Waals surface area contributed by atoms with Crippen LogP contribution >= 0.6 is 11.8 Å². The smallest absolute Gasteiger partial charge is 0.261 e. The molecule has 0 bridgehead atoms. The molecule has 0 radical (unpaired) electrons. The number of hydrogen-bond donors (Lipinski definition) is 0. The molecule has 0 N–H and O–H groups in total. The lowest BCUT2D eigenvalue weighted by molar-refractivity contribution is 0.121. The molecule has 0 spiro atoms. The molecule has 0 unspecified atom stereocenters. The molecule has 10 heteroatoms. The average molecular weight is 348 g/mol. The van der Waals surface area contributed by atoms with Crippen molar-refractivity contribution in [1.29, 1.82) is 0 Å². The second-order valence-electron chi connectivity index (χ2n) is 5.26. The lowest BCUT2D eigenvalue weighted by Crippen LogP contribution is -2.37. The van der Waals surface area contributed by atoms with Crippen LogP contribution in [-0.4, -0.2) is 51.2 Å². The van der Waals surface area contributed by atoms with E-state index in [4.69, 9.17) is 13.7 Å². The number of furan rings is 1. The molecule has 3 aromatic rings. The van der Waals surface area contributed by atoms with Gasteiger partial charge in [-0.15, -0.1) is 10.2 Å². The molecule has 24 heavy (non-hydrogen) atoms. The predicted octanol–water partition coefficient (Wildman–Crippen LogP) is 1.59. The van der Waals surface area contributed by atoms with Crippen molar-refractivity contribution in [2.24, 2.45) is 7.05 Å². The summed E-state index contributed by atoms with van der Waals surface area (Å²) in [6.07, 6.45) is 3.14. The minimum absolute atomic E-state index is 0.450. The van der Waals surface area contributed by atoms with Crippen molar-refractivity contribution in [1.82, 2.24) is 24.9 Å². The molecular formula is C14H16N6O3S. The van der Waals surface area contributed by atoms with Crippen molar-refractivity contribution in [3.63, 3.8) is 0 Å².